The van der Waals surface area contributed by atoms with Crippen LogP contribution in [0.3, 0.4) is 0 Å². The normalized spacial score (nSPS) is 12.6. The fourth-order valence-electron chi connectivity index (χ4n) is 2.62. The molecule has 2 rings (SSSR count). The van der Waals surface area contributed by atoms with Crippen LogP contribution in [-0.4, -0.2) is 24.6 Å². The number of hydrogen-bond acceptors (Lipinski definition) is 3. The SMILES string of the molecule is CCC(C)N(CC)c1nc(CNC)cc2ccccc12. The number of pyridine rings is 1. The first kappa shape index (κ1) is 14.8. The molecule has 0 saturated carbocycles. The Kier molecular flexibility index (Phi) is 4.96. The summed E-state index contributed by atoms with van der Waals surface area (Å²) in [5, 5.41) is 5.71. The van der Waals surface area contributed by atoms with Crippen molar-refractivity contribution in [3.05, 3.63) is 36.0 Å². The van der Waals surface area contributed by atoms with Gasteiger partial charge in [-0.1, -0.05) is 31.2 Å². The van der Waals surface area contributed by atoms with Gasteiger partial charge in [-0.3, -0.25) is 0 Å². The molecule has 0 aliphatic carbocycles. The number of fused-ring (bicyclic) bond motifs is 1. The van der Waals surface area contributed by atoms with Crippen LogP contribution in [0.15, 0.2) is 30.3 Å². The number of nitrogens with zero attached hydrogens (tertiary/aromatic N) is 2. The highest BCUT2D eigenvalue weighted by Gasteiger charge is 2.16. The molecule has 0 radical (unpaired) electrons. The molecule has 3 heteroatoms. The Morgan fingerprint density at radius 3 is 2.65 bits per heavy atom. The van der Waals surface area contributed by atoms with Crippen LogP contribution in [0, 0.1) is 0 Å². The van der Waals surface area contributed by atoms with Crippen molar-refractivity contribution >= 4 is 16.6 Å². The molecule has 0 aliphatic heterocycles. The van der Waals surface area contributed by atoms with E-state index in [1.165, 1.54) is 10.8 Å². The molecule has 1 aromatic carbocycles. The van der Waals surface area contributed by atoms with E-state index in [1.807, 2.05) is 7.05 Å². The van der Waals surface area contributed by atoms with Gasteiger partial charge in [-0.15, -0.1) is 0 Å². The van der Waals surface area contributed by atoms with Crippen molar-refractivity contribution in [2.45, 2.75) is 39.8 Å². The molecule has 0 fully saturated rings. The Morgan fingerprint density at radius 1 is 1.25 bits per heavy atom. The van der Waals surface area contributed by atoms with Gasteiger partial charge in [0, 0.05) is 24.5 Å². The predicted molar refractivity (Wildman–Crippen MR) is 87.3 cm³/mol. The van der Waals surface area contributed by atoms with Gasteiger partial charge in [-0.05, 0) is 38.8 Å². The largest absolute Gasteiger partial charge is 0.354 e. The number of benzene rings is 1. The Morgan fingerprint density at radius 2 is 2.00 bits per heavy atom. The third-order valence-corrected chi connectivity index (χ3v) is 3.87. The van der Waals surface area contributed by atoms with E-state index in [4.69, 9.17) is 4.98 Å². The lowest BCUT2D eigenvalue weighted by Gasteiger charge is -2.30. The van der Waals surface area contributed by atoms with Crippen molar-refractivity contribution in [3.8, 4) is 0 Å². The molecule has 1 N–H and O–H groups in total. The molecule has 3 nitrogen and oxygen atoms in total. The lowest BCUT2D eigenvalue weighted by molar-refractivity contribution is 0.623. The molecule has 0 bridgehead atoms. The van der Waals surface area contributed by atoms with E-state index in [0.29, 0.717) is 6.04 Å². The highest BCUT2D eigenvalue weighted by Crippen LogP contribution is 2.27. The van der Waals surface area contributed by atoms with Crippen molar-refractivity contribution in [2.24, 2.45) is 0 Å². The summed E-state index contributed by atoms with van der Waals surface area (Å²) in [6.07, 6.45) is 1.13. The second-order valence-electron chi connectivity index (χ2n) is 5.23. The Balaban J connectivity index is 2.58. The van der Waals surface area contributed by atoms with Crippen LogP contribution < -0.4 is 10.2 Å². The van der Waals surface area contributed by atoms with E-state index >= 15 is 0 Å². The lowest BCUT2D eigenvalue weighted by atomic mass is 10.1. The summed E-state index contributed by atoms with van der Waals surface area (Å²) in [5.74, 6) is 1.12. The van der Waals surface area contributed by atoms with Gasteiger partial charge in [0.2, 0.25) is 0 Å². The maximum atomic E-state index is 4.89. The average Bonchev–Trinajstić information content (AvgIpc) is 2.48. The number of rotatable bonds is 6. The lowest BCUT2D eigenvalue weighted by Crippen LogP contribution is -2.33. The van der Waals surface area contributed by atoms with E-state index in [9.17, 15) is 0 Å². The van der Waals surface area contributed by atoms with E-state index in [-0.39, 0.29) is 0 Å². The molecule has 20 heavy (non-hydrogen) atoms. The summed E-state index contributed by atoms with van der Waals surface area (Å²) in [4.78, 5) is 7.30. The van der Waals surface area contributed by atoms with Crippen molar-refractivity contribution in [1.29, 1.82) is 0 Å². The maximum absolute atomic E-state index is 4.89. The molecule has 0 amide bonds. The smallest absolute Gasteiger partial charge is 0.137 e. The summed E-state index contributed by atoms with van der Waals surface area (Å²) in [6.45, 7) is 8.48. The first-order valence-electron chi connectivity index (χ1n) is 7.51. The van der Waals surface area contributed by atoms with E-state index in [0.717, 1.165) is 31.0 Å². The average molecular weight is 271 g/mol. The monoisotopic (exact) mass is 271 g/mol. The highest BCUT2D eigenvalue weighted by molar-refractivity contribution is 5.92. The predicted octanol–water partition coefficient (Wildman–Crippen LogP) is 3.58. The molecule has 0 saturated heterocycles. The van der Waals surface area contributed by atoms with Crippen LogP contribution in [0.2, 0.25) is 0 Å². The molecular formula is C17H25N3. The zero-order valence-corrected chi connectivity index (χ0v) is 13.0. The van der Waals surface area contributed by atoms with E-state index < -0.39 is 0 Å². The van der Waals surface area contributed by atoms with Gasteiger partial charge in [0.15, 0.2) is 0 Å². The van der Waals surface area contributed by atoms with Crippen LogP contribution in [0.25, 0.3) is 10.8 Å². The summed E-state index contributed by atoms with van der Waals surface area (Å²) in [5.41, 5.74) is 1.10. The van der Waals surface area contributed by atoms with Crippen molar-refractivity contribution in [2.75, 3.05) is 18.5 Å². The number of hydrogen-bond donors (Lipinski definition) is 1. The second-order valence-corrected chi connectivity index (χ2v) is 5.23. The third kappa shape index (κ3) is 2.93. The topological polar surface area (TPSA) is 28.2 Å². The third-order valence-electron chi connectivity index (χ3n) is 3.87. The van der Waals surface area contributed by atoms with Crippen LogP contribution in [0.4, 0.5) is 5.82 Å². The minimum Gasteiger partial charge on any atom is -0.354 e. The summed E-state index contributed by atoms with van der Waals surface area (Å²) < 4.78 is 0. The Labute approximate surface area is 122 Å². The maximum Gasteiger partial charge on any atom is 0.137 e. The van der Waals surface area contributed by atoms with Crippen molar-refractivity contribution < 1.29 is 0 Å². The van der Waals surface area contributed by atoms with Gasteiger partial charge in [0.05, 0.1) is 5.69 Å². The number of nitrogens with one attached hydrogen (secondary N) is 1. The summed E-state index contributed by atoms with van der Waals surface area (Å²) >= 11 is 0. The second kappa shape index (κ2) is 6.71. The van der Waals surface area contributed by atoms with Gasteiger partial charge in [0.25, 0.3) is 0 Å². The Hall–Kier alpha value is -1.61. The fraction of sp³-hybridized carbons (Fsp3) is 0.471. The zero-order chi connectivity index (χ0) is 14.5. The number of aromatic nitrogens is 1. The number of anilines is 1. The summed E-state index contributed by atoms with van der Waals surface area (Å²) in [7, 11) is 1.96. The molecule has 1 atom stereocenters. The molecule has 108 valence electrons. The quantitative estimate of drug-likeness (QED) is 0.870. The Bertz CT molecular complexity index is 565. The molecule has 1 unspecified atom stereocenters. The standard InChI is InChI=1S/C17H25N3/c1-5-13(3)20(6-2)17-16-10-8-7-9-14(16)11-15(19-17)12-18-4/h7-11,13,18H,5-6,12H2,1-4H3. The van der Waals surface area contributed by atoms with Gasteiger partial charge in [0.1, 0.15) is 5.82 Å². The molecule has 2 aromatic rings. The minimum atomic E-state index is 0.501. The first-order valence-corrected chi connectivity index (χ1v) is 7.51. The van der Waals surface area contributed by atoms with Gasteiger partial charge in [-0.25, -0.2) is 4.98 Å². The van der Waals surface area contributed by atoms with Crippen LogP contribution in [0.1, 0.15) is 32.9 Å². The van der Waals surface area contributed by atoms with Gasteiger partial charge >= 0.3 is 0 Å². The van der Waals surface area contributed by atoms with Crippen molar-refractivity contribution in [1.82, 2.24) is 10.3 Å². The van der Waals surface area contributed by atoms with E-state index in [1.54, 1.807) is 0 Å². The molecule has 0 spiro atoms. The highest BCUT2D eigenvalue weighted by atomic mass is 15.2. The van der Waals surface area contributed by atoms with Crippen molar-refractivity contribution in [3.63, 3.8) is 0 Å². The van der Waals surface area contributed by atoms with Crippen LogP contribution in [-0.2, 0) is 6.54 Å². The molecular weight excluding hydrogens is 246 g/mol. The van der Waals surface area contributed by atoms with Crippen LogP contribution >= 0.6 is 0 Å². The van der Waals surface area contributed by atoms with E-state index in [2.05, 4.69) is 61.3 Å². The molecule has 1 heterocycles. The molecule has 1 aromatic heterocycles. The first-order chi connectivity index (χ1) is 9.71. The summed E-state index contributed by atoms with van der Waals surface area (Å²) in [6, 6.07) is 11.2. The van der Waals surface area contributed by atoms with Crippen LogP contribution in [0.5, 0.6) is 0 Å². The van der Waals surface area contributed by atoms with Gasteiger partial charge in [-0.2, -0.15) is 0 Å². The van der Waals surface area contributed by atoms with Gasteiger partial charge < -0.3 is 10.2 Å². The molecule has 0 aliphatic rings. The minimum absolute atomic E-state index is 0.501. The zero-order valence-electron chi connectivity index (χ0n) is 13.0. The fourth-order valence-corrected chi connectivity index (χ4v) is 2.62.